The maximum Gasteiger partial charge on any atom is 0.371 e. The van der Waals surface area contributed by atoms with Gasteiger partial charge in [0.1, 0.15) is 10.8 Å². The highest BCUT2D eigenvalue weighted by molar-refractivity contribution is 6.32. The van der Waals surface area contributed by atoms with Gasteiger partial charge in [0, 0.05) is 6.20 Å². The normalized spacial score (nSPS) is 13.5. The second kappa shape index (κ2) is 6.92. The number of furan rings is 1. The molecule has 1 fully saturated rings. The van der Waals surface area contributed by atoms with Gasteiger partial charge in [-0.15, -0.1) is 0 Å². The van der Waals surface area contributed by atoms with Crippen LogP contribution in [0.3, 0.4) is 0 Å². The summed E-state index contributed by atoms with van der Waals surface area (Å²) >= 11 is 6.08. The fraction of sp³-hybridized carbons (Fsp3) is 0.312. The van der Waals surface area contributed by atoms with Crippen LogP contribution < -0.4 is 10.1 Å². The van der Waals surface area contributed by atoms with Gasteiger partial charge in [0.2, 0.25) is 11.6 Å². The molecule has 24 heavy (non-hydrogen) atoms. The molecule has 2 heterocycles. The summed E-state index contributed by atoms with van der Waals surface area (Å²) in [6.45, 7) is 0.645. The summed E-state index contributed by atoms with van der Waals surface area (Å²) < 4.78 is 10.6. The first-order chi connectivity index (χ1) is 11.5. The van der Waals surface area contributed by atoms with Crippen molar-refractivity contribution in [1.82, 2.24) is 10.3 Å². The third-order valence-corrected chi connectivity index (χ3v) is 3.79. The molecule has 1 amide bonds. The van der Waals surface area contributed by atoms with E-state index in [4.69, 9.17) is 25.9 Å². The molecule has 2 N–H and O–H groups in total. The zero-order valence-corrected chi connectivity index (χ0v) is 13.4. The molecule has 0 radical (unpaired) electrons. The first kappa shape index (κ1) is 16.3. The van der Waals surface area contributed by atoms with E-state index >= 15 is 0 Å². The third kappa shape index (κ3) is 4.05. The molecule has 2 aromatic rings. The molecular weight excluding hydrogens is 336 g/mol. The first-order valence-electron chi connectivity index (χ1n) is 7.41. The van der Waals surface area contributed by atoms with Gasteiger partial charge in [0.15, 0.2) is 0 Å². The van der Waals surface area contributed by atoms with E-state index in [9.17, 15) is 9.59 Å². The number of rotatable bonds is 7. The Balaban J connectivity index is 1.57. The number of carbonyl (C=O) groups excluding carboxylic acids is 1. The highest BCUT2D eigenvalue weighted by Crippen LogP contribution is 2.31. The summed E-state index contributed by atoms with van der Waals surface area (Å²) in [5, 5.41) is 11.7. The van der Waals surface area contributed by atoms with Crippen molar-refractivity contribution in [2.24, 2.45) is 5.92 Å². The number of halogens is 1. The molecule has 0 aromatic carbocycles. The zero-order chi connectivity index (χ0) is 17.1. The molecule has 2 aromatic heterocycles. The fourth-order valence-electron chi connectivity index (χ4n) is 1.99. The summed E-state index contributed by atoms with van der Waals surface area (Å²) in [5.74, 6) is -0.505. The van der Waals surface area contributed by atoms with Gasteiger partial charge in [-0.1, -0.05) is 11.6 Å². The van der Waals surface area contributed by atoms with Crippen LogP contribution in [0.5, 0.6) is 5.88 Å². The number of nitrogens with one attached hydrogen (secondary N) is 1. The van der Waals surface area contributed by atoms with E-state index in [2.05, 4.69) is 10.3 Å². The zero-order valence-electron chi connectivity index (χ0n) is 12.6. The maximum absolute atomic E-state index is 12.1. The minimum Gasteiger partial charge on any atom is -0.476 e. The van der Waals surface area contributed by atoms with Crippen LogP contribution in [0.1, 0.15) is 39.5 Å². The van der Waals surface area contributed by atoms with Crippen molar-refractivity contribution < 1.29 is 23.8 Å². The number of pyridine rings is 1. The SMILES string of the molecule is O=C(NCc1ccc(C(=O)O)o1)c1cnc(OCC2CC2)c(Cl)c1. The molecule has 126 valence electrons. The summed E-state index contributed by atoms with van der Waals surface area (Å²) in [5.41, 5.74) is 0.281. The van der Waals surface area contributed by atoms with E-state index < -0.39 is 11.9 Å². The maximum atomic E-state index is 12.1. The van der Waals surface area contributed by atoms with Gasteiger partial charge >= 0.3 is 5.97 Å². The highest BCUT2D eigenvalue weighted by Gasteiger charge is 2.23. The number of carbonyl (C=O) groups is 2. The number of aromatic nitrogens is 1. The number of nitrogens with zero attached hydrogens (tertiary/aromatic N) is 1. The Morgan fingerprint density at radius 1 is 1.42 bits per heavy atom. The van der Waals surface area contributed by atoms with E-state index in [1.54, 1.807) is 0 Å². The quantitative estimate of drug-likeness (QED) is 0.796. The Bertz CT molecular complexity index is 770. The topological polar surface area (TPSA) is 102 Å². The van der Waals surface area contributed by atoms with Crippen molar-refractivity contribution in [2.75, 3.05) is 6.61 Å². The van der Waals surface area contributed by atoms with Gasteiger partial charge in [-0.2, -0.15) is 0 Å². The third-order valence-electron chi connectivity index (χ3n) is 3.52. The number of carboxylic acid groups (broad SMARTS) is 1. The summed E-state index contributed by atoms with van der Waals surface area (Å²) in [4.78, 5) is 26.9. The Morgan fingerprint density at radius 3 is 2.83 bits per heavy atom. The molecule has 0 unspecified atom stereocenters. The average molecular weight is 351 g/mol. The van der Waals surface area contributed by atoms with E-state index in [0.717, 1.165) is 12.8 Å². The van der Waals surface area contributed by atoms with Gasteiger partial charge in [0.25, 0.3) is 5.91 Å². The van der Waals surface area contributed by atoms with Crippen molar-refractivity contribution >= 4 is 23.5 Å². The molecule has 0 bridgehead atoms. The van der Waals surface area contributed by atoms with Gasteiger partial charge in [-0.3, -0.25) is 4.79 Å². The van der Waals surface area contributed by atoms with Crippen LogP contribution in [0.25, 0.3) is 0 Å². The second-order valence-electron chi connectivity index (χ2n) is 5.52. The molecule has 0 saturated heterocycles. The Hall–Kier alpha value is -2.54. The Morgan fingerprint density at radius 2 is 2.21 bits per heavy atom. The summed E-state index contributed by atoms with van der Waals surface area (Å²) in [6.07, 6.45) is 3.71. The summed E-state index contributed by atoms with van der Waals surface area (Å²) in [7, 11) is 0. The smallest absolute Gasteiger partial charge is 0.371 e. The van der Waals surface area contributed by atoms with Gasteiger partial charge in [-0.25, -0.2) is 9.78 Å². The van der Waals surface area contributed by atoms with E-state index in [0.29, 0.717) is 24.2 Å². The molecule has 1 aliphatic carbocycles. The van der Waals surface area contributed by atoms with Crippen LogP contribution in [-0.2, 0) is 6.54 Å². The minimum absolute atomic E-state index is 0.0592. The highest BCUT2D eigenvalue weighted by atomic mass is 35.5. The molecule has 0 atom stereocenters. The molecule has 8 heteroatoms. The monoisotopic (exact) mass is 350 g/mol. The number of carboxylic acids is 1. The van der Waals surface area contributed by atoms with Gasteiger partial charge in [0.05, 0.1) is 18.7 Å². The first-order valence-corrected chi connectivity index (χ1v) is 7.79. The van der Waals surface area contributed by atoms with Crippen molar-refractivity contribution in [2.45, 2.75) is 19.4 Å². The molecule has 3 rings (SSSR count). The molecule has 0 spiro atoms. The van der Waals surface area contributed by atoms with Crippen LogP contribution in [0.15, 0.2) is 28.8 Å². The predicted molar refractivity (Wildman–Crippen MR) is 84.3 cm³/mol. The summed E-state index contributed by atoms with van der Waals surface area (Å²) in [6, 6.07) is 4.30. The van der Waals surface area contributed by atoms with Crippen LogP contribution >= 0.6 is 11.6 Å². The lowest BCUT2D eigenvalue weighted by Gasteiger charge is -2.08. The lowest BCUT2D eigenvalue weighted by Crippen LogP contribution is -2.22. The van der Waals surface area contributed by atoms with Crippen molar-refractivity contribution in [3.05, 3.63) is 46.5 Å². The van der Waals surface area contributed by atoms with Crippen LogP contribution in [0, 0.1) is 5.92 Å². The van der Waals surface area contributed by atoms with Crippen molar-refractivity contribution in [3.63, 3.8) is 0 Å². The molecule has 1 aliphatic rings. The Kier molecular flexibility index (Phi) is 4.71. The number of ether oxygens (including phenoxy) is 1. The molecular formula is C16H15ClN2O5. The molecule has 0 aliphatic heterocycles. The van der Waals surface area contributed by atoms with Crippen LogP contribution in [0.4, 0.5) is 0 Å². The van der Waals surface area contributed by atoms with Gasteiger partial charge < -0.3 is 19.6 Å². The van der Waals surface area contributed by atoms with Crippen LogP contribution in [0.2, 0.25) is 5.02 Å². The predicted octanol–water partition coefficient (Wildman–Crippen LogP) is 2.75. The number of amides is 1. The Labute approximate surface area is 142 Å². The number of hydrogen-bond acceptors (Lipinski definition) is 5. The van der Waals surface area contributed by atoms with Crippen LogP contribution in [-0.4, -0.2) is 28.6 Å². The van der Waals surface area contributed by atoms with Crippen molar-refractivity contribution in [1.29, 1.82) is 0 Å². The minimum atomic E-state index is -1.16. The fourth-order valence-corrected chi connectivity index (χ4v) is 2.22. The van der Waals surface area contributed by atoms with E-state index in [-0.39, 0.29) is 22.9 Å². The lowest BCUT2D eigenvalue weighted by atomic mass is 10.2. The standard InChI is InChI=1S/C16H15ClN2O5/c17-12-5-10(6-19-15(12)23-8-9-1-2-9)14(20)18-7-11-3-4-13(24-11)16(21)22/h3-6,9H,1-2,7-8H2,(H,18,20)(H,21,22). The largest absolute Gasteiger partial charge is 0.476 e. The molecule has 1 saturated carbocycles. The second-order valence-corrected chi connectivity index (χ2v) is 5.93. The average Bonchev–Trinajstić information content (AvgIpc) is 3.26. The van der Waals surface area contributed by atoms with Crippen molar-refractivity contribution in [3.8, 4) is 5.88 Å². The number of hydrogen-bond donors (Lipinski definition) is 2. The lowest BCUT2D eigenvalue weighted by molar-refractivity contribution is 0.0660. The number of aromatic carboxylic acids is 1. The van der Waals surface area contributed by atoms with E-state index in [1.165, 1.54) is 24.4 Å². The molecule has 7 nitrogen and oxygen atoms in total. The van der Waals surface area contributed by atoms with E-state index in [1.807, 2.05) is 0 Å². The van der Waals surface area contributed by atoms with Gasteiger partial charge in [-0.05, 0) is 37.0 Å².